The first-order valence-electron chi connectivity index (χ1n) is 4.92. The average molecular weight is 269 g/mol. The van der Waals surface area contributed by atoms with Gasteiger partial charge in [-0.15, -0.1) is 22.6 Å². The Labute approximate surface area is 110 Å². The molecule has 0 amide bonds. The van der Waals surface area contributed by atoms with E-state index >= 15 is 0 Å². The predicted octanol–water partition coefficient (Wildman–Crippen LogP) is 0.874. The summed E-state index contributed by atoms with van der Waals surface area (Å²) < 4.78 is 1.28. The fourth-order valence-electron chi connectivity index (χ4n) is 1.20. The van der Waals surface area contributed by atoms with Gasteiger partial charge in [0, 0.05) is 5.56 Å². The van der Waals surface area contributed by atoms with Crippen LogP contribution >= 0.6 is 12.4 Å². The lowest BCUT2D eigenvalue weighted by atomic mass is 10.2. The largest absolute Gasteiger partial charge is 0.507 e. The van der Waals surface area contributed by atoms with Gasteiger partial charge in [0.1, 0.15) is 5.75 Å². The molecule has 0 fully saturated rings. The van der Waals surface area contributed by atoms with Crippen molar-refractivity contribution in [3.8, 4) is 5.75 Å². The number of nitrogens with two attached hydrogens (primary N) is 1. The minimum Gasteiger partial charge on any atom is -0.507 e. The van der Waals surface area contributed by atoms with Gasteiger partial charge in [-0.3, -0.25) is 0 Å². The zero-order valence-electron chi connectivity index (χ0n) is 9.61. The SMILES string of the molecule is Cc1nnc(N/N=C/c2ccccc2O)n1N.Cl. The summed E-state index contributed by atoms with van der Waals surface area (Å²) in [6.07, 6.45) is 1.47. The second-order valence-corrected chi connectivity index (χ2v) is 3.37. The Hall–Kier alpha value is -2.28. The van der Waals surface area contributed by atoms with Crippen LogP contribution in [0.5, 0.6) is 5.75 Å². The number of benzene rings is 1. The van der Waals surface area contributed by atoms with Crippen molar-refractivity contribution in [2.75, 3.05) is 11.3 Å². The van der Waals surface area contributed by atoms with E-state index in [1.54, 1.807) is 31.2 Å². The number of rotatable bonds is 3. The summed E-state index contributed by atoms with van der Waals surface area (Å²) in [5.74, 6) is 6.68. The summed E-state index contributed by atoms with van der Waals surface area (Å²) in [4.78, 5) is 0. The van der Waals surface area contributed by atoms with Crippen LogP contribution in [0.2, 0.25) is 0 Å². The number of phenolic OH excluding ortho intramolecular Hbond substituents is 1. The van der Waals surface area contributed by atoms with Gasteiger partial charge < -0.3 is 10.9 Å². The maximum Gasteiger partial charge on any atom is 0.263 e. The highest BCUT2D eigenvalue weighted by Crippen LogP contribution is 2.12. The minimum absolute atomic E-state index is 0. The third-order valence-electron chi connectivity index (χ3n) is 2.17. The standard InChI is InChI=1S/C10H12N6O.ClH/c1-7-13-15-10(16(7)11)14-12-6-8-4-2-3-5-9(8)17;/h2-6,17H,11H2,1H3,(H,14,15);1H/b12-6+;. The van der Waals surface area contributed by atoms with Crippen molar-refractivity contribution in [1.29, 1.82) is 0 Å². The number of phenols is 1. The number of anilines is 1. The molecule has 8 heteroatoms. The summed E-state index contributed by atoms with van der Waals surface area (Å²) in [6.45, 7) is 1.73. The Balaban J connectivity index is 0.00000162. The molecule has 2 aromatic rings. The molecule has 7 nitrogen and oxygen atoms in total. The van der Waals surface area contributed by atoms with Crippen LogP contribution in [-0.2, 0) is 0 Å². The molecule has 0 atom stereocenters. The number of aromatic nitrogens is 3. The molecule has 0 aliphatic carbocycles. The lowest BCUT2D eigenvalue weighted by Gasteiger charge is -2.00. The maximum absolute atomic E-state index is 9.49. The number of nitrogens with zero attached hydrogens (tertiary/aromatic N) is 4. The highest BCUT2D eigenvalue weighted by atomic mass is 35.5. The van der Waals surface area contributed by atoms with E-state index < -0.39 is 0 Å². The number of hydrazone groups is 1. The van der Waals surface area contributed by atoms with Crippen LogP contribution in [0.1, 0.15) is 11.4 Å². The van der Waals surface area contributed by atoms with Gasteiger partial charge in [0.15, 0.2) is 5.82 Å². The minimum atomic E-state index is 0. The van der Waals surface area contributed by atoms with Crippen molar-refractivity contribution in [3.63, 3.8) is 0 Å². The molecule has 0 aliphatic rings. The van der Waals surface area contributed by atoms with Crippen molar-refractivity contribution in [1.82, 2.24) is 14.9 Å². The number of hydrogen-bond acceptors (Lipinski definition) is 6. The Morgan fingerprint density at radius 2 is 2.11 bits per heavy atom. The molecule has 18 heavy (non-hydrogen) atoms. The fraction of sp³-hybridized carbons (Fsp3) is 0.100. The molecule has 1 aromatic carbocycles. The van der Waals surface area contributed by atoms with E-state index in [9.17, 15) is 5.11 Å². The molecule has 0 radical (unpaired) electrons. The van der Waals surface area contributed by atoms with E-state index in [0.29, 0.717) is 17.3 Å². The lowest BCUT2D eigenvalue weighted by Crippen LogP contribution is -2.13. The molecule has 2 rings (SSSR count). The number of para-hydroxylation sites is 1. The van der Waals surface area contributed by atoms with Gasteiger partial charge in [-0.05, 0) is 19.1 Å². The van der Waals surface area contributed by atoms with Crippen LogP contribution in [0.4, 0.5) is 5.95 Å². The number of nitrogens with one attached hydrogen (secondary N) is 1. The van der Waals surface area contributed by atoms with Gasteiger partial charge in [-0.1, -0.05) is 12.1 Å². The highest BCUT2D eigenvalue weighted by molar-refractivity contribution is 5.85. The van der Waals surface area contributed by atoms with Crippen LogP contribution in [0.25, 0.3) is 0 Å². The zero-order chi connectivity index (χ0) is 12.3. The molecule has 0 bridgehead atoms. The van der Waals surface area contributed by atoms with Crippen LogP contribution in [-0.4, -0.2) is 26.2 Å². The number of aryl methyl sites for hydroxylation is 1. The first kappa shape index (κ1) is 13.8. The summed E-state index contributed by atoms with van der Waals surface area (Å²) in [5, 5.41) is 20.9. The fourth-order valence-corrected chi connectivity index (χ4v) is 1.20. The van der Waals surface area contributed by atoms with Crippen molar-refractivity contribution in [2.45, 2.75) is 6.92 Å². The van der Waals surface area contributed by atoms with Gasteiger partial charge in [0.25, 0.3) is 5.95 Å². The molecule has 1 aromatic heterocycles. The quantitative estimate of drug-likeness (QED) is 0.436. The topological polar surface area (TPSA) is 101 Å². The summed E-state index contributed by atoms with van der Waals surface area (Å²) >= 11 is 0. The van der Waals surface area contributed by atoms with Crippen LogP contribution < -0.4 is 11.3 Å². The van der Waals surface area contributed by atoms with E-state index in [-0.39, 0.29) is 18.2 Å². The Kier molecular flexibility index (Phi) is 4.50. The zero-order valence-corrected chi connectivity index (χ0v) is 10.4. The number of hydrogen-bond donors (Lipinski definition) is 3. The molecule has 0 aliphatic heterocycles. The van der Waals surface area contributed by atoms with Crippen molar-refractivity contribution >= 4 is 24.6 Å². The Morgan fingerprint density at radius 1 is 1.39 bits per heavy atom. The smallest absolute Gasteiger partial charge is 0.263 e. The van der Waals surface area contributed by atoms with Gasteiger partial charge in [-0.2, -0.15) is 5.10 Å². The third-order valence-corrected chi connectivity index (χ3v) is 2.17. The molecule has 1 heterocycles. The predicted molar refractivity (Wildman–Crippen MR) is 71.5 cm³/mol. The number of nitrogen functional groups attached to an aromatic ring is 1. The van der Waals surface area contributed by atoms with Gasteiger partial charge in [0.2, 0.25) is 0 Å². The van der Waals surface area contributed by atoms with Gasteiger partial charge in [-0.25, -0.2) is 10.1 Å². The molecule has 0 saturated carbocycles. The van der Waals surface area contributed by atoms with Crippen molar-refractivity contribution < 1.29 is 5.11 Å². The normalized spacial score (nSPS) is 10.3. The monoisotopic (exact) mass is 268 g/mol. The van der Waals surface area contributed by atoms with Gasteiger partial charge in [0.05, 0.1) is 6.21 Å². The lowest BCUT2D eigenvalue weighted by molar-refractivity contribution is 0.474. The Bertz CT molecular complexity index is 553. The maximum atomic E-state index is 9.49. The summed E-state index contributed by atoms with van der Waals surface area (Å²) in [6, 6.07) is 6.85. The van der Waals surface area contributed by atoms with E-state index in [0.717, 1.165) is 0 Å². The molecule has 4 N–H and O–H groups in total. The summed E-state index contributed by atoms with van der Waals surface area (Å²) in [7, 11) is 0. The molecule has 0 spiro atoms. The number of aromatic hydroxyl groups is 1. The van der Waals surface area contributed by atoms with Crippen LogP contribution in [0.3, 0.4) is 0 Å². The van der Waals surface area contributed by atoms with E-state index in [1.807, 2.05) is 0 Å². The first-order valence-corrected chi connectivity index (χ1v) is 4.92. The molecular weight excluding hydrogens is 256 g/mol. The molecular formula is C10H13ClN6O. The second kappa shape index (κ2) is 5.87. The highest BCUT2D eigenvalue weighted by Gasteiger charge is 2.03. The van der Waals surface area contributed by atoms with E-state index in [4.69, 9.17) is 5.84 Å². The van der Waals surface area contributed by atoms with E-state index in [1.165, 1.54) is 10.9 Å². The van der Waals surface area contributed by atoms with Crippen molar-refractivity contribution in [2.24, 2.45) is 5.10 Å². The molecule has 0 unspecified atom stereocenters. The van der Waals surface area contributed by atoms with Crippen LogP contribution in [0.15, 0.2) is 29.4 Å². The number of halogens is 1. The molecule has 0 saturated heterocycles. The average Bonchev–Trinajstić information content (AvgIpc) is 2.63. The Morgan fingerprint density at radius 3 is 2.72 bits per heavy atom. The van der Waals surface area contributed by atoms with E-state index in [2.05, 4.69) is 20.7 Å². The van der Waals surface area contributed by atoms with Crippen LogP contribution in [0, 0.1) is 6.92 Å². The second-order valence-electron chi connectivity index (χ2n) is 3.37. The van der Waals surface area contributed by atoms with Gasteiger partial charge >= 0.3 is 0 Å². The third kappa shape index (κ3) is 2.89. The van der Waals surface area contributed by atoms with Crippen molar-refractivity contribution in [3.05, 3.63) is 35.7 Å². The first-order chi connectivity index (χ1) is 8.18. The molecule has 96 valence electrons. The summed E-state index contributed by atoms with van der Waals surface area (Å²) in [5.41, 5.74) is 3.23.